The molecule has 4 rings (SSSR count). The van der Waals surface area contributed by atoms with Gasteiger partial charge in [0.1, 0.15) is 6.54 Å². The number of benzene rings is 1. The van der Waals surface area contributed by atoms with Gasteiger partial charge in [-0.1, -0.05) is 12.1 Å². The summed E-state index contributed by atoms with van der Waals surface area (Å²) in [4.78, 5) is 18.4. The van der Waals surface area contributed by atoms with E-state index in [0.717, 1.165) is 12.1 Å². The van der Waals surface area contributed by atoms with E-state index in [-0.39, 0.29) is 13.2 Å². The van der Waals surface area contributed by atoms with Gasteiger partial charge < -0.3 is 19.5 Å². The van der Waals surface area contributed by atoms with E-state index in [0.29, 0.717) is 22.2 Å². The summed E-state index contributed by atoms with van der Waals surface area (Å²) in [6, 6.07) is 13.2. The average Bonchev–Trinajstić information content (AvgIpc) is 3.39. The molecule has 3 heterocycles. The van der Waals surface area contributed by atoms with E-state index in [1.807, 2.05) is 12.1 Å². The summed E-state index contributed by atoms with van der Waals surface area (Å²) in [5.74, 6) is -0.453. The molecule has 1 aromatic carbocycles. The van der Waals surface area contributed by atoms with E-state index < -0.39 is 29.8 Å². The molecule has 1 fully saturated rings. The standard InChI is InChI=1S/C23H21F3N4O2S/c1-2-32-19(31)14-30-21(20(28-22(30)33)17-9-3-4-11-27-17)18-10-6-12-29(18)16-8-5-7-15(13-16)23(24,25)26/h3-13,20-21H,2,14H2,1H3,(H,28,33)/t20-,21-/m1/s1. The van der Waals surface area contributed by atoms with Crippen LogP contribution in [0.2, 0.25) is 0 Å². The van der Waals surface area contributed by atoms with Gasteiger partial charge >= 0.3 is 12.1 Å². The number of halogens is 3. The predicted molar refractivity (Wildman–Crippen MR) is 120 cm³/mol. The van der Waals surface area contributed by atoms with Gasteiger partial charge in [-0.3, -0.25) is 9.78 Å². The zero-order valence-corrected chi connectivity index (χ0v) is 18.4. The molecule has 0 bridgehead atoms. The molecule has 0 spiro atoms. The van der Waals surface area contributed by atoms with Crippen LogP contribution in [0.25, 0.3) is 5.69 Å². The Labute approximate surface area is 194 Å². The number of nitrogens with zero attached hydrogens (tertiary/aromatic N) is 3. The van der Waals surface area contributed by atoms with Gasteiger partial charge in [0.2, 0.25) is 0 Å². The lowest BCUT2D eigenvalue weighted by Gasteiger charge is -2.28. The van der Waals surface area contributed by atoms with Crippen LogP contribution in [0.1, 0.15) is 36.0 Å². The van der Waals surface area contributed by atoms with Gasteiger partial charge in [-0.25, -0.2) is 0 Å². The second-order valence-electron chi connectivity index (χ2n) is 7.41. The maximum atomic E-state index is 13.3. The van der Waals surface area contributed by atoms with Crippen molar-refractivity contribution >= 4 is 23.3 Å². The molecule has 2 atom stereocenters. The normalized spacial score (nSPS) is 18.3. The molecular formula is C23H21F3N4O2S. The fraction of sp³-hybridized carbons (Fsp3) is 0.261. The molecule has 10 heteroatoms. The van der Waals surface area contributed by atoms with E-state index in [9.17, 15) is 18.0 Å². The minimum Gasteiger partial charge on any atom is -0.465 e. The lowest BCUT2D eigenvalue weighted by molar-refractivity contribution is -0.143. The number of aromatic nitrogens is 2. The summed E-state index contributed by atoms with van der Waals surface area (Å²) in [5, 5.41) is 3.55. The molecule has 0 amide bonds. The van der Waals surface area contributed by atoms with Gasteiger partial charge in [-0.2, -0.15) is 13.2 Å². The third-order valence-electron chi connectivity index (χ3n) is 5.34. The highest BCUT2D eigenvalue weighted by molar-refractivity contribution is 7.80. The molecule has 172 valence electrons. The van der Waals surface area contributed by atoms with Gasteiger partial charge in [0, 0.05) is 23.8 Å². The van der Waals surface area contributed by atoms with Crippen LogP contribution in [-0.4, -0.2) is 38.7 Å². The van der Waals surface area contributed by atoms with E-state index in [1.165, 1.54) is 6.07 Å². The van der Waals surface area contributed by atoms with Crippen molar-refractivity contribution in [3.63, 3.8) is 0 Å². The van der Waals surface area contributed by atoms with Crippen LogP contribution in [0.3, 0.4) is 0 Å². The van der Waals surface area contributed by atoms with Crippen LogP contribution in [0.15, 0.2) is 67.0 Å². The van der Waals surface area contributed by atoms with Crippen LogP contribution in [0.4, 0.5) is 13.2 Å². The van der Waals surface area contributed by atoms with Crippen molar-refractivity contribution in [1.82, 2.24) is 19.8 Å². The number of hydrogen-bond donors (Lipinski definition) is 1. The van der Waals surface area contributed by atoms with Crippen molar-refractivity contribution in [2.75, 3.05) is 13.2 Å². The minimum absolute atomic E-state index is 0.110. The third kappa shape index (κ3) is 4.70. The number of thiocarbonyl (C=S) groups is 1. The number of rotatable bonds is 6. The fourth-order valence-electron chi connectivity index (χ4n) is 3.95. The first-order valence-corrected chi connectivity index (χ1v) is 10.7. The van der Waals surface area contributed by atoms with E-state index in [2.05, 4.69) is 10.3 Å². The largest absolute Gasteiger partial charge is 0.465 e. The Kier molecular flexibility index (Phi) is 6.37. The highest BCUT2D eigenvalue weighted by Crippen LogP contribution is 2.40. The first kappa shape index (κ1) is 22.8. The number of esters is 1. The first-order valence-electron chi connectivity index (χ1n) is 10.3. The summed E-state index contributed by atoms with van der Waals surface area (Å²) < 4.78 is 46.7. The van der Waals surface area contributed by atoms with E-state index in [1.54, 1.807) is 53.0 Å². The van der Waals surface area contributed by atoms with Crippen molar-refractivity contribution < 1.29 is 22.7 Å². The van der Waals surface area contributed by atoms with Crippen LogP contribution in [-0.2, 0) is 15.7 Å². The van der Waals surface area contributed by atoms with Gasteiger partial charge in [0.15, 0.2) is 5.11 Å². The van der Waals surface area contributed by atoms with Crippen molar-refractivity contribution in [2.45, 2.75) is 25.2 Å². The molecule has 1 N–H and O–H groups in total. The SMILES string of the molecule is CCOC(=O)CN1C(=S)N[C@H](c2ccccn2)[C@H]1c1cccn1-c1cccc(C(F)(F)F)c1. The summed E-state index contributed by atoms with van der Waals surface area (Å²) in [7, 11) is 0. The molecule has 1 saturated heterocycles. The number of carbonyl (C=O) groups excluding carboxylic acids is 1. The molecule has 0 radical (unpaired) electrons. The maximum absolute atomic E-state index is 13.3. The number of alkyl halides is 3. The van der Waals surface area contributed by atoms with Gasteiger partial charge in [0.25, 0.3) is 0 Å². The van der Waals surface area contributed by atoms with E-state index in [4.69, 9.17) is 17.0 Å². The Morgan fingerprint density at radius 1 is 1.18 bits per heavy atom. The summed E-state index contributed by atoms with van der Waals surface area (Å²) in [6.45, 7) is 1.83. The smallest absolute Gasteiger partial charge is 0.416 e. The Balaban J connectivity index is 1.79. The second kappa shape index (κ2) is 9.22. The first-order chi connectivity index (χ1) is 15.8. The number of hydrogen-bond acceptors (Lipinski definition) is 4. The van der Waals surface area contributed by atoms with Crippen LogP contribution in [0.5, 0.6) is 0 Å². The van der Waals surface area contributed by atoms with Crippen LogP contribution >= 0.6 is 12.2 Å². The zero-order valence-electron chi connectivity index (χ0n) is 17.6. The number of pyridine rings is 1. The molecule has 1 aliphatic rings. The van der Waals surface area contributed by atoms with Crippen LogP contribution in [0, 0.1) is 0 Å². The molecule has 3 aromatic rings. The summed E-state index contributed by atoms with van der Waals surface area (Å²) in [5.41, 5.74) is 0.942. The number of ether oxygens (including phenoxy) is 1. The van der Waals surface area contributed by atoms with Gasteiger partial charge in [-0.05, 0) is 61.6 Å². The zero-order chi connectivity index (χ0) is 23.6. The number of carbonyl (C=O) groups is 1. The Morgan fingerprint density at radius 3 is 2.70 bits per heavy atom. The Morgan fingerprint density at radius 2 is 2.00 bits per heavy atom. The van der Waals surface area contributed by atoms with Crippen molar-refractivity contribution in [3.05, 3.63) is 83.9 Å². The van der Waals surface area contributed by atoms with Gasteiger partial charge in [-0.15, -0.1) is 0 Å². The monoisotopic (exact) mass is 474 g/mol. The molecule has 0 aliphatic carbocycles. The minimum atomic E-state index is -4.47. The third-order valence-corrected chi connectivity index (χ3v) is 5.69. The Bertz CT molecular complexity index is 1150. The van der Waals surface area contributed by atoms with Crippen molar-refractivity contribution in [1.29, 1.82) is 0 Å². The average molecular weight is 475 g/mol. The molecular weight excluding hydrogens is 453 g/mol. The molecule has 6 nitrogen and oxygen atoms in total. The van der Waals surface area contributed by atoms with E-state index >= 15 is 0 Å². The molecule has 1 aliphatic heterocycles. The highest BCUT2D eigenvalue weighted by atomic mass is 32.1. The fourth-order valence-corrected chi connectivity index (χ4v) is 4.25. The highest BCUT2D eigenvalue weighted by Gasteiger charge is 2.42. The maximum Gasteiger partial charge on any atom is 0.416 e. The summed E-state index contributed by atoms with van der Waals surface area (Å²) >= 11 is 5.52. The molecule has 0 saturated carbocycles. The van der Waals surface area contributed by atoms with Crippen molar-refractivity contribution in [3.8, 4) is 5.69 Å². The van der Waals surface area contributed by atoms with Crippen LogP contribution < -0.4 is 5.32 Å². The number of nitrogens with one attached hydrogen (secondary N) is 1. The molecule has 2 aromatic heterocycles. The Hall–Kier alpha value is -3.40. The summed E-state index contributed by atoms with van der Waals surface area (Å²) in [6.07, 6.45) is -1.13. The lowest BCUT2D eigenvalue weighted by atomic mass is 10.0. The van der Waals surface area contributed by atoms with Gasteiger partial charge in [0.05, 0.1) is 29.9 Å². The lowest BCUT2D eigenvalue weighted by Crippen LogP contribution is -2.36. The predicted octanol–water partition coefficient (Wildman–Crippen LogP) is 4.43. The quantitative estimate of drug-likeness (QED) is 0.422. The molecule has 33 heavy (non-hydrogen) atoms. The molecule has 0 unspecified atom stereocenters. The second-order valence-corrected chi connectivity index (χ2v) is 7.80. The van der Waals surface area contributed by atoms with Crippen molar-refractivity contribution in [2.24, 2.45) is 0 Å². The topological polar surface area (TPSA) is 59.4 Å².